The normalized spacial score (nSPS) is 10.6. The van der Waals surface area contributed by atoms with Crippen molar-refractivity contribution < 1.29 is 9.90 Å². The molecule has 0 fully saturated rings. The van der Waals surface area contributed by atoms with E-state index in [-0.39, 0.29) is 5.56 Å². The second kappa shape index (κ2) is 9.60. The molecule has 0 aliphatic carbocycles. The number of rotatable bonds is 10. The molecule has 1 aromatic rings. The Balaban J connectivity index is 2.07. The number of hydrogen-bond donors (Lipinski definition) is 0. The zero-order chi connectivity index (χ0) is 13.9. The van der Waals surface area contributed by atoms with Crippen molar-refractivity contribution in [1.29, 1.82) is 0 Å². The molecule has 0 aliphatic heterocycles. The third-order valence-corrected chi connectivity index (χ3v) is 3.51. The first-order chi connectivity index (χ1) is 9.24. The van der Waals surface area contributed by atoms with Gasteiger partial charge in [-0.1, -0.05) is 76.1 Å². The van der Waals surface area contributed by atoms with Gasteiger partial charge in [0, 0.05) is 0 Å². The van der Waals surface area contributed by atoms with E-state index in [1.807, 2.05) is 12.1 Å². The van der Waals surface area contributed by atoms with E-state index in [1.165, 1.54) is 56.9 Å². The molecule has 1 rings (SSSR count). The lowest BCUT2D eigenvalue weighted by molar-refractivity contribution is -0.255. The number of carboxylic acid groups (broad SMARTS) is 1. The van der Waals surface area contributed by atoms with Gasteiger partial charge in [0.1, 0.15) is 0 Å². The highest BCUT2D eigenvalue weighted by atomic mass is 16.4. The van der Waals surface area contributed by atoms with E-state index in [4.69, 9.17) is 0 Å². The van der Waals surface area contributed by atoms with Crippen molar-refractivity contribution in [3.8, 4) is 0 Å². The van der Waals surface area contributed by atoms with E-state index in [0.29, 0.717) is 0 Å². The summed E-state index contributed by atoms with van der Waals surface area (Å²) in [5.41, 5.74) is 1.48. The molecule has 0 saturated heterocycles. The third-order valence-electron chi connectivity index (χ3n) is 3.51. The van der Waals surface area contributed by atoms with Crippen LogP contribution in [0.25, 0.3) is 0 Å². The molecule has 0 saturated carbocycles. The summed E-state index contributed by atoms with van der Waals surface area (Å²) >= 11 is 0. The van der Waals surface area contributed by atoms with Gasteiger partial charge in [0.25, 0.3) is 0 Å². The first-order valence-electron chi connectivity index (χ1n) is 7.54. The molecule has 0 amide bonds. The molecule has 2 nitrogen and oxygen atoms in total. The maximum Gasteiger partial charge on any atom is 0.0715 e. The lowest BCUT2D eigenvalue weighted by Crippen LogP contribution is -2.21. The number of aromatic carboxylic acids is 1. The van der Waals surface area contributed by atoms with Gasteiger partial charge in [0.15, 0.2) is 0 Å². The van der Waals surface area contributed by atoms with Gasteiger partial charge in [-0.25, -0.2) is 0 Å². The van der Waals surface area contributed by atoms with Gasteiger partial charge in [0.2, 0.25) is 0 Å². The monoisotopic (exact) mass is 261 g/mol. The first-order valence-corrected chi connectivity index (χ1v) is 7.54. The lowest BCUT2D eigenvalue weighted by Gasteiger charge is -2.05. The predicted octanol–water partition coefficient (Wildman–Crippen LogP) is 3.73. The Morgan fingerprint density at radius 3 is 1.95 bits per heavy atom. The molecule has 2 heteroatoms. The van der Waals surface area contributed by atoms with Crippen LogP contribution in [0.15, 0.2) is 24.3 Å². The molecule has 0 heterocycles. The summed E-state index contributed by atoms with van der Waals surface area (Å²) in [6, 6.07) is 7.06. The van der Waals surface area contributed by atoms with Crippen LogP contribution in [0.2, 0.25) is 0 Å². The minimum absolute atomic E-state index is 0.264. The van der Waals surface area contributed by atoms with Crippen LogP contribution in [0.1, 0.15) is 74.2 Å². The SMILES string of the molecule is CCCCCCCCCCc1ccc(C(=O)[O-])cc1. The smallest absolute Gasteiger partial charge is 0.0715 e. The molecular formula is C17H25O2-. The van der Waals surface area contributed by atoms with Gasteiger partial charge < -0.3 is 9.90 Å². The van der Waals surface area contributed by atoms with Crippen LogP contribution in [0.4, 0.5) is 0 Å². The highest BCUT2D eigenvalue weighted by Crippen LogP contribution is 2.12. The van der Waals surface area contributed by atoms with E-state index in [1.54, 1.807) is 12.1 Å². The topological polar surface area (TPSA) is 40.1 Å². The van der Waals surface area contributed by atoms with E-state index in [0.717, 1.165) is 6.42 Å². The van der Waals surface area contributed by atoms with Crippen LogP contribution >= 0.6 is 0 Å². The van der Waals surface area contributed by atoms with Gasteiger partial charge in [-0.3, -0.25) is 0 Å². The van der Waals surface area contributed by atoms with Crippen LogP contribution in [0.3, 0.4) is 0 Å². The van der Waals surface area contributed by atoms with E-state index in [9.17, 15) is 9.90 Å². The van der Waals surface area contributed by atoms with Crippen molar-refractivity contribution in [2.45, 2.75) is 64.7 Å². The average molecular weight is 261 g/mol. The third kappa shape index (κ3) is 7.00. The molecule has 0 atom stereocenters. The number of hydrogen-bond acceptors (Lipinski definition) is 2. The van der Waals surface area contributed by atoms with Gasteiger partial charge in [0.05, 0.1) is 5.97 Å². The fourth-order valence-corrected chi connectivity index (χ4v) is 2.27. The Labute approximate surface area is 116 Å². The van der Waals surface area contributed by atoms with E-state index in [2.05, 4.69) is 6.92 Å². The van der Waals surface area contributed by atoms with Crippen molar-refractivity contribution in [2.24, 2.45) is 0 Å². The minimum Gasteiger partial charge on any atom is -0.545 e. The van der Waals surface area contributed by atoms with E-state index < -0.39 is 5.97 Å². The molecule has 0 unspecified atom stereocenters. The molecule has 0 radical (unpaired) electrons. The number of aryl methyl sites for hydroxylation is 1. The first kappa shape index (κ1) is 15.7. The zero-order valence-electron chi connectivity index (χ0n) is 12.0. The molecular weight excluding hydrogens is 236 g/mol. The van der Waals surface area contributed by atoms with Crippen molar-refractivity contribution in [1.82, 2.24) is 0 Å². The Morgan fingerprint density at radius 2 is 1.42 bits per heavy atom. The number of unbranched alkanes of at least 4 members (excludes halogenated alkanes) is 7. The molecule has 106 valence electrons. The van der Waals surface area contributed by atoms with Crippen LogP contribution < -0.4 is 5.11 Å². The number of carboxylic acids is 1. The van der Waals surface area contributed by atoms with Crippen LogP contribution in [-0.2, 0) is 6.42 Å². The second-order valence-electron chi connectivity index (χ2n) is 5.21. The molecule has 0 aromatic heterocycles. The summed E-state index contributed by atoms with van der Waals surface area (Å²) in [7, 11) is 0. The Kier molecular flexibility index (Phi) is 7.95. The fourth-order valence-electron chi connectivity index (χ4n) is 2.27. The standard InChI is InChI=1S/C17H26O2/c1-2-3-4-5-6-7-8-9-10-15-11-13-16(14-12-15)17(18)19/h11-14H,2-10H2,1H3,(H,18,19)/p-1. The minimum atomic E-state index is -1.10. The average Bonchev–Trinajstić information content (AvgIpc) is 2.42. The van der Waals surface area contributed by atoms with Crippen molar-refractivity contribution in [3.63, 3.8) is 0 Å². The highest BCUT2D eigenvalue weighted by molar-refractivity contribution is 5.85. The van der Waals surface area contributed by atoms with Gasteiger partial charge >= 0.3 is 0 Å². The van der Waals surface area contributed by atoms with Gasteiger partial charge in [-0.2, -0.15) is 0 Å². The second-order valence-corrected chi connectivity index (χ2v) is 5.21. The summed E-state index contributed by atoms with van der Waals surface area (Å²) in [5, 5.41) is 10.6. The predicted molar refractivity (Wildman–Crippen MR) is 77.1 cm³/mol. The summed E-state index contributed by atoms with van der Waals surface area (Å²) in [4.78, 5) is 10.6. The summed E-state index contributed by atoms with van der Waals surface area (Å²) < 4.78 is 0. The quantitative estimate of drug-likeness (QED) is 0.602. The Hall–Kier alpha value is -1.31. The molecule has 0 bridgehead atoms. The van der Waals surface area contributed by atoms with Crippen molar-refractivity contribution in [2.75, 3.05) is 0 Å². The maximum atomic E-state index is 10.6. The Bertz CT molecular complexity index is 354. The van der Waals surface area contributed by atoms with E-state index >= 15 is 0 Å². The molecule has 0 spiro atoms. The number of benzene rings is 1. The van der Waals surface area contributed by atoms with Gasteiger partial charge in [-0.05, 0) is 24.0 Å². The van der Waals surface area contributed by atoms with Crippen molar-refractivity contribution in [3.05, 3.63) is 35.4 Å². The van der Waals surface area contributed by atoms with Crippen molar-refractivity contribution >= 4 is 5.97 Å². The van der Waals surface area contributed by atoms with Crippen LogP contribution in [0.5, 0.6) is 0 Å². The Morgan fingerprint density at radius 1 is 0.895 bits per heavy atom. The number of carbonyl (C=O) groups is 1. The summed E-state index contributed by atoms with van der Waals surface area (Å²) in [5.74, 6) is -1.10. The summed E-state index contributed by atoms with van der Waals surface area (Å²) in [6.45, 7) is 2.24. The molecule has 1 aromatic carbocycles. The zero-order valence-corrected chi connectivity index (χ0v) is 12.0. The molecule has 19 heavy (non-hydrogen) atoms. The summed E-state index contributed by atoms with van der Waals surface area (Å²) in [6.07, 6.45) is 11.6. The number of carbonyl (C=O) groups excluding carboxylic acids is 1. The fraction of sp³-hybridized carbons (Fsp3) is 0.588. The molecule has 0 N–H and O–H groups in total. The lowest BCUT2D eigenvalue weighted by atomic mass is 10.0. The largest absolute Gasteiger partial charge is 0.545 e. The van der Waals surface area contributed by atoms with Gasteiger partial charge in [-0.15, -0.1) is 0 Å². The maximum absolute atomic E-state index is 10.6. The highest BCUT2D eigenvalue weighted by Gasteiger charge is 1.96. The van der Waals surface area contributed by atoms with Crippen LogP contribution in [-0.4, -0.2) is 5.97 Å². The molecule has 0 aliphatic rings. The van der Waals surface area contributed by atoms with Crippen LogP contribution in [0, 0.1) is 0 Å².